The summed E-state index contributed by atoms with van der Waals surface area (Å²) in [6.07, 6.45) is 0.923. The molecular formula is C12H19N3O2S. The third-order valence-electron chi connectivity index (χ3n) is 2.95. The molecule has 1 atom stereocenters. The molecule has 1 saturated heterocycles. The lowest BCUT2D eigenvalue weighted by Gasteiger charge is -2.34. The molecule has 0 saturated carbocycles. The molecule has 0 aromatic carbocycles. The number of thiazole rings is 1. The fourth-order valence-electron chi connectivity index (χ4n) is 1.97. The molecule has 1 aliphatic heterocycles. The number of aryl methyl sites for hydroxylation is 1. The largest absolute Gasteiger partial charge is 0.464 e. The van der Waals surface area contributed by atoms with Gasteiger partial charge in [0.15, 0.2) is 5.13 Å². The van der Waals surface area contributed by atoms with Crippen LogP contribution in [0, 0.1) is 0 Å². The molecular weight excluding hydrogens is 250 g/mol. The fourth-order valence-corrected chi connectivity index (χ4v) is 2.96. The Morgan fingerprint density at radius 3 is 3.17 bits per heavy atom. The molecule has 5 nitrogen and oxygen atoms in total. The molecule has 1 aromatic heterocycles. The summed E-state index contributed by atoms with van der Waals surface area (Å²) in [5.41, 5.74) is 1.08. The minimum absolute atomic E-state index is 0.169. The van der Waals surface area contributed by atoms with Crippen molar-refractivity contribution in [3.05, 3.63) is 11.1 Å². The summed E-state index contributed by atoms with van der Waals surface area (Å²) in [6.45, 7) is 6.62. The van der Waals surface area contributed by atoms with Crippen LogP contribution >= 0.6 is 11.3 Å². The lowest BCUT2D eigenvalue weighted by atomic mass is 10.2. The second-order valence-corrected chi connectivity index (χ2v) is 4.98. The van der Waals surface area contributed by atoms with Crippen molar-refractivity contribution in [1.82, 2.24) is 10.3 Å². The number of anilines is 1. The van der Waals surface area contributed by atoms with Crippen LogP contribution in [0.2, 0.25) is 0 Å². The van der Waals surface area contributed by atoms with Crippen molar-refractivity contribution in [1.29, 1.82) is 0 Å². The molecule has 1 N–H and O–H groups in total. The highest BCUT2D eigenvalue weighted by Gasteiger charge is 2.31. The van der Waals surface area contributed by atoms with Crippen molar-refractivity contribution in [3.8, 4) is 0 Å². The van der Waals surface area contributed by atoms with Gasteiger partial charge in [0, 0.05) is 25.0 Å². The summed E-state index contributed by atoms with van der Waals surface area (Å²) in [4.78, 5) is 18.5. The summed E-state index contributed by atoms with van der Waals surface area (Å²) in [7, 11) is 0. The second-order valence-electron chi connectivity index (χ2n) is 4.14. The Hall–Kier alpha value is -1.14. The molecule has 0 amide bonds. The van der Waals surface area contributed by atoms with Crippen LogP contribution in [0.15, 0.2) is 5.38 Å². The van der Waals surface area contributed by atoms with E-state index >= 15 is 0 Å². The summed E-state index contributed by atoms with van der Waals surface area (Å²) in [6, 6.07) is -0.255. The van der Waals surface area contributed by atoms with E-state index in [0.717, 1.165) is 30.3 Å². The first kappa shape index (κ1) is 13.3. The van der Waals surface area contributed by atoms with Crippen LogP contribution in [-0.2, 0) is 16.0 Å². The van der Waals surface area contributed by atoms with Gasteiger partial charge in [-0.05, 0) is 13.3 Å². The van der Waals surface area contributed by atoms with Crippen LogP contribution in [0.4, 0.5) is 5.13 Å². The number of nitrogens with zero attached hydrogens (tertiary/aromatic N) is 2. The quantitative estimate of drug-likeness (QED) is 0.828. The zero-order valence-corrected chi connectivity index (χ0v) is 11.6. The van der Waals surface area contributed by atoms with Gasteiger partial charge in [-0.15, -0.1) is 11.3 Å². The number of rotatable bonds is 4. The van der Waals surface area contributed by atoms with Crippen molar-refractivity contribution in [3.63, 3.8) is 0 Å². The van der Waals surface area contributed by atoms with Gasteiger partial charge in [-0.1, -0.05) is 6.92 Å². The van der Waals surface area contributed by atoms with Gasteiger partial charge in [0.25, 0.3) is 0 Å². The number of carbonyl (C=O) groups is 1. The normalized spacial score (nSPS) is 19.9. The Labute approximate surface area is 111 Å². The van der Waals surface area contributed by atoms with Gasteiger partial charge in [0.2, 0.25) is 0 Å². The van der Waals surface area contributed by atoms with E-state index in [1.54, 1.807) is 11.3 Å². The fraction of sp³-hybridized carbons (Fsp3) is 0.667. The molecule has 0 spiro atoms. The SMILES string of the molecule is CCOC(=O)C1CNCCN1c1nc(CC)cs1. The molecule has 1 fully saturated rings. The van der Waals surface area contributed by atoms with Gasteiger partial charge in [-0.2, -0.15) is 0 Å². The predicted octanol–water partition coefficient (Wildman–Crippen LogP) is 1.05. The molecule has 0 radical (unpaired) electrons. The first-order valence-corrected chi connectivity index (χ1v) is 7.22. The van der Waals surface area contributed by atoms with E-state index < -0.39 is 0 Å². The van der Waals surface area contributed by atoms with Crippen LogP contribution in [-0.4, -0.2) is 43.2 Å². The molecule has 6 heteroatoms. The molecule has 0 bridgehead atoms. The summed E-state index contributed by atoms with van der Waals surface area (Å²) >= 11 is 1.60. The number of carbonyl (C=O) groups excluding carboxylic acids is 1. The van der Waals surface area contributed by atoms with E-state index in [0.29, 0.717) is 13.2 Å². The first-order valence-electron chi connectivity index (χ1n) is 6.34. The molecule has 0 aliphatic carbocycles. The summed E-state index contributed by atoms with van der Waals surface area (Å²) in [5.74, 6) is -0.169. The maximum atomic E-state index is 11.9. The number of nitrogens with one attached hydrogen (secondary N) is 1. The Morgan fingerprint density at radius 2 is 2.50 bits per heavy atom. The monoisotopic (exact) mass is 269 g/mol. The Kier molecular flexibility index (Phi) is 4.54. The van der Waals surface area contributed by atoms with E-state index in [2.05, 4.69) is 27.5 Å². The molecule has 2 heterocycles. The number of hydrogen-bond acceptors (Lipinski definition) is 6. The van der Waals surface area contributed by atoms with Crippen LogP contribution in [0.3, 0.4) is 0 Å². The van der Waals surface area contributed by atoms with E-state index in [9.17, 15) is 4.79 Å². The standard InChI is InChI=1S/C12H19N3O2S/c1-3-9-8-18-12(14-9)15-6-5-13-7-10(15)11(16)17-4-2/h8,10,13H,3-7H2,1-2H3. The third-order valence-corrected chi connectivity index (χ3v) is 3.88. The van der Waals surface area contributed by atoms with E-state index in [1.807, 2.05) is 6.92 Å². The predicted molar refractivity (Wildman–Crippen MR) is 72.1 cm³/mol. The van der Waals surface area contributed by atoms with Crippen molar-refractivity contribution >= 4 is 22.4 Å². The Morgan fingerprint density at radius 1 is 1.67 bits per heavy atom. The lowest BCUT2D eigenvalue weighted by Crippen LogP contribution is -2.55. The van der Waals surface area contributed by atoms with Crippen LogP contribution in [0.25, 0.3) is 0 Å². The van der Waals surface area contributed by atoms with Crippen molar-refractivity contribution in [2.24, 2.45) is 0 Å². The van der Waals surface area contributed by atoms with Crippen LogP contribution in [0.5, 0.6) is 0 Å². The van der Waals surface area contributed by atoms with E-state index in [4.69, 9.17) is 4.74 Å². The van der Waals surface area contributed by atoms with E-state index in [1.165, 1.54) is 0 Å². The third kappa shape index (κ3) is 2.81. The van der Waals surface area contributed by atoms with Crippen molar-refractivity contribution in [2.45, 2.75) is 26.3 Å². The smallest absolute Gasteiger partial charge is 0.330 e. The van der Waals surface area contributed by atoms with Gasteiger partial charge in [0.1, 0.15) is 6.04 Å². The molecule has 1 aliphatic rings. The minimum atomic E-state index is -0.255. The van der Waals surface area contributed by atoms with Crippen molar-refractivity contribution in [2.75, 3.05) is 31.1 Å². The maximum absolute atomic E-state index is 11.9. The van der Waals surface area contributed by atoms with Gasteiger partial charge < -0.3 is 15.0 Å². The maximum Gasteiger partial charge on any atom is 0.330 e. The number of aromatic nitrogens is 1. The molecule has 18 heavy (non-hydrogen) atoms. The average molecular weight is 269 g/mol. The highest BCUT2D eigenvalue weighted by atomic mass is 32.1. The minimum Gasteiger partial charge on any atom is -0.464 e. The topological polar surface area (TPSA) is 54.5 Å². The van der Waals surface area contributed by atoms with Gasteiger partial charge in [-0.25, -0.2) is 9.78 Å². The summed E-state index contributed by atoms with van der Waals surface area (Å²) < 4.78 is 5.12. The second kappa shape index (κ2) is 6.15. The molecule has 1 unspecified atom stereocenters. The highest BCUT2D eigenvalue weighted by Crippen LogP contribution is 2.24. The van der Waals surface area contributed by atoms with Crippen LogP contribution < -0.4 is 10.2 Å². The van der Waals surface area contributed by atoms with Crippen LogP contribution in [0.1, 0.15) is 19.5 Å². The van der Waals surface area contributed by atoms with Crippen molar-refractivity contribution < 1.29 is 9.53 Å². The molecule has 2 rings (SSSR count). The molecule has 100 valence electrons. The zero-order chi connectivity index (χ0) is 13.0. The number of esters is 1. The number of piperazine rings is 1. The van der Waals surface area contributed by atoms with Gasteiger partial charge >= 0.3 is 5.97 Å². The molecule has 1 aromatic rings. The van der Waals surface area contributed by atoms with Gasteiger partial charge in [0.05, 0.1) is 12.3 Å². The lowest BCUT2D eigenvalue weighted by molar-refractivity contribution is -0.144. The first-order chi connectivity index (χ1) is 8.76. The van der Waals surface area contributed by atoms with E-state index in [-0.39, 0.29) is 12.0 Å². The Bertz CT molecular complexity index is 408. The van der Waals surface area contributed by atoms with Gasteiger partial charge in [-0.3, -0.25) is 0 Å². The highest BCUT2D eigenvalue weighted by molar-refractivity contribution is 7.13. The summed E-state index contributed by atoms with van der Waals surface area (Å²) in [5, 5.41) is 6.21. The number of hydrogen-bond donors (Lipinski definition) is 1. The average Bonchev–Trinajstić information content (AvgIpc) is 2.87. The Balaban J connectivity index is 2.14. The zero-order valence-electron chi connectivity index (χ0n) is 10.8. The number of ether oxygens (including phenoxy) is 1.